The molecule has 3 heterocycles. The number of benzene rings is 1. The molecule has 0 radical (unpaired) electrons. The predicted octanol–water partition coefficient (Wildman–Crippen LogP) is 3.08. The molecule has 30 heavy (non-hydrogen) atoms. The standard InChI is InChI=1S/C21H20N6O3/c1-12-4-6-13(7-5-12)24-21-23-10-14(19(28)22-2)18(26-21)25-15-11-30-16-8-9-27(3)20(29)17(15)16/h4-11H,1-3H3,(H,22,28)(H2,23,24,25,26). The summed E-state index contributed by atoms with van der Waals surface area (Å²) >= 11 is 0. The van der Waals surface area contributed by atoms with Crippen LogP contribution in [-0.4, -0.2) is 27.5 Å². The SMILES string of the molecule is CNC(=O)c1cnc(Nc2ccc(C)cc2)nc1Nc1coc2ccn(C)c(=O)c12. The van der Waals surface area contributed by atoms with Gasteiger partial charge in [0.25, 0.3) is 11.5 Å². The number of carbonyl (C=O) groups excluding carboxylic acids is 1. The van der Waals surface area contributed by atoms with Gasteiger partial charge in [0.15, 0.2) is 0 Å². The Balaban J connectivity index is 1.75. The van der Waals surface area contributed by atoms with Crippen LogP contribution in [0.4, 0.5) is 23.1 Å². The zero-order valence-corrected chi connectivity index (χ0v) is 16.7. The molecule has 152 valence electrons. The number of nitrogens with one attached hydrogen (secondary N) is 3. The van der Waals surface area contributed by atoms with Crippen molar-refractivity contribution >= 4 is 40.0 Å². The van der Waals surface area contributed by atoms with Crippen molar-refractivity contribution in [2.75, 3.05) is 17.7 Å². The highest BCUT2D eigenvalue weighted by Crippen LogP contribution is 2.27. The molecule has 3 N–H and O–H groups in total. The summed E-state index contributed by atoms with van der Waals surface area (Å²) in [6.45, 7) is 2.00. The zero-order chi connectivity index (χ0) is 21.3. The van der Waals surface area contributed by atoms with Crippen LogP contribution in [0.1, 0.15) is 15.9 Å². The van der Waals surface area contributed by atoms with Crippen molar-refractivity contribution in [1.29, 1.82) is 0 Å². The molecule has 0 bridgehead atoms. The second-order valence-electron chi connectivity index (χ2n) is 6.77. The van der Waals surface area contributed by atoms with E-state index in [1.165, 1.54) is 24.1 Å². The number of carbonyl (C=O) groups is 1. The molecule has 1 aromatic carbocycles. The van der Waals surface area contributed by atoms with Crippen molar-refractivity contribution in [3.05, 3.63) is 70.5 Å². The number of hydrogen-bond acceptors (Lipinski definition) is 7. The molecular formula is C21H20N6O3. The predicted molar refractivity (Wildman–Crippen MR) is 115 cm³/mol. The monoisotopic (exact) mass is 404 g/mol. The molecule has 0 fully saturated rings. The first-order valence-electron chi connectivity index (χ1n) is 9.23. The molecule has 0 unspecified atom stereocenters. The third kappa shape index (κ3) is 3.60. The van der Waals surface area contributed by atoms with E-state index in [0.29, 0.717) is 22.6 Å². The van der Waals surface area contributed by atoms with Gasteiger partial charge in [-0.3, -0.25) is 9.59 Å². The topological polar surface area (TPSA) is 114 Å². The smallest absolute Gasteiger partial charge is 0.263 e. The number of fused-ring (bicyclic) bond motifs is 1. The van der Waals surface area contributed by atoms with E-state index in [-0.39, 0.29) is 22.8 Å². The van der Waals surface area contributed by atoms with Crippen molar-refractivity contribution in [1.82, 2.24) is 19.9 Å². The number of anilines is 4. The van der Waals surface area contributed by atoms with Gasteiger partial charge < -0.3 is 24.9 Å². The molecule has 0 saturated carbocycles. The van der Waals surface area contributed by atoms with E-state index in [1.807, 2.05) is 31.2 Å². The fourth-order valence-corrected chi connectivity index (χ4v) is 2.96. The maximum atomic E-state index is 12.5. The van der Waals surface area contributed by atoms with Gasteiger partial charge in [-0.2, -0.15) is 4.98 Å². The lowest BCUT2D eigenvalue weighted by Gasteiger charge is -2.12. The molecule has 4 rings (SSSR count). The van der Waals surface area contributed by atoms with Crippen molar-refractivity contribution < 1.29 is 9.21 Å². The van der Waals surface area contributed by atoms with Crippen LogP contribution in [0.5, 0.6) is 0 Å². The molecule has 9 nitrogen and oxygen atoms in total. The molecule has 0 saturated heterocycles. The normalized spacial score (nSPS) is 10.8. The largest absolute Gasteiger partial charge is 0.462 e. The summed E-state index contributed by atoms with van der Waals surface area (Å²) in [6, 6.07) is 9.45. The summed E-state index contributed by atoms with van der Waals surface area (Å²) in [6.07, 6.45) is 4.47. The minimum atomic E-state index is -0.361. The molecule has 9 heteroatoms. The van der Waals surface area contributed by atoms with Gasteiger partial charge in [-0.25, -0.2) is 4.98 Å². The van der Waals surface area contributed by atoms with Crippen LogP contribution >= 0.6 is 0 Å². The summed E-state index contributed by atoms with van der Waals surface area (Å²) in [4.78, 5) is 33.5. The highest BCUT2D eigenvalue weighted by Gasteiger charge is 2.18. The van der Waals surface area contributed by atoms with Crippen LogP contribution in [0, 0.1) is 6.92 Å². The maximum Gasteiger partial charge on any atom is 0.263 e. The average molecular weight is 404 g/mol. The molecule has 0 aliphatic carbocycles. The number of amides is 1. The number of aryl methyl sites for hydroxylation is 2. The fourth-order valence-electron chi connectivity index (χ4n) is 2.96. The number of rotatable bonds is 5. The summed E-state index contributed by atoms with van der Waals surface area (Å²) in [7, 11) is 3.18. The molecule has 0 spiro atoms. The first-order chi connectivity index (χ1) is 14.5. The molecule has 1 amide bonds. The molecule has 3 aromatic heterocycles. The van der Waals surface area contributed by atoms with Crippen molar-refractivity contribution in [2.24, 2.45) is 7.05 Å². The number of hydrogen-bond donors (Lipinski definition) is 3. The van der Waals surface area contributed by atoms with E-state index in [1.54, 1.807) is 19.3 Å². The van der Waals surface area contributed by atoms with E-state index in [4.69, 9.17) is 4.42 Å². The zero-order valence-electron chi connectivity index (χ0n) is 16.7. The molecular weight excluding hydrogens is 384 g/mol. The molecule has 0 aliphatic heterocycles. The molecule has 0 atom stereocenters. The Bertz CT molecular complexity index is 1290. The lowest BCUT2D eigenvalue weighted by molar-refractivity contribution is 0.0963. The third-order valence-corrected chi connectivity index (χ3v) is 4.62. The number of furan rings is 1. The second-order valence-corrected chi connectivity index (χ2v) is 6.77. The Labute approximate surface area is 171 Å². The Morgan fingerprint density at radius 2 is 1.90 bits per heavy atom. The third-order valence-electron chi connectivity index (χ3n) is 4.62. The first kappa shape index (κ1) is 19.2. The number of nitrogens with zero attached hydrogens (tertiary/aromatic N) is 3. The number of pyridine rings is 1. The Morgan fingerprint density at radius 3 is 2.63 bits per heavy atom. The van der Waals surface area contributed by atoms with Gasteiger partial charge in [0.1, 0.15) is 28.6 Å². The lowest BCUT2D eigenvalue weighted by atomic mass is 10.2. The molecule has 4 aromatic rings. The van der Waals surface area contributed by atoms with Gasteiger partial charge in [-0.05, 0) is 25.1 Å². The minimum Gasteiger partial charge on any atom is -0.462 e. The van der Waals surface area contributed by atoms with E-state index < -0.39 is 0 Å². The van der Waals surface area contributed by atoms with Gasteiger partial charge in [-0.15, -0.1) is 0 Å². The average Bonchev–Trinajstić information content (AvgIpc) is 3.15. The quantitative estimate of drug-likeness (QED) is 0.468. The Hall–Kier alpha value is -4.14. The van der Waals surface area contributed by atoms with E-state index in [9.17, 15) is 9.59 Å². The number of aromatic nitrogens is 3. The van der Waals surface area contributed by atoms with Crippen molar-refractivity contribution in [3.8, 4) is 0 Å². The van der Waals surface area contributed by atoms with Crippen LogP contribution < -0.4 is 21.5 Å². The maximum absolute atomic E-state index is 12.5. The van der Waals surface area contributed by atoms with Gasteiger partial charge >= 0.3 is 0 Å². The molecule has 0 aliphatic rings. The van der Waals surface area contributed by atoms with E-state index in [2.05, 4.69) is 25.9 Å². The summed E-state index contributed by atoms with van der Waals surface area (Å²) in [5.74, 6) is 0.183. The fraction of sp³-hybridized carbons (Fsp3) is 0.143. The van der Waals surface area contributed by atoms with Gasteiger partial charge in [0.2, 0.25) is 5.95 Å². The van der Waals surface area contributed by atoms with Crippen LogP contribution in [0.2, 0.25) is 0 Å². The van der Waals surface area contributed by atoms with Crippen LogP contribution in [0.3, 0.4) is 0 Å². The van der Waals surface area contributed by atoms with Crippen LogP contribution in [0.25, 0.3) is 11.0 Å². The first-order valence-corrected chi connectivity index (χ1v) is 9.23. The highest BCUT2D eigenvalue weighted by atomic mass is 16.3. The van der Waals surface area contributed by atoms with Gasteiger partial charge in [0.05, 0.1) is 5.69 Å². The summed E-state index contributed by atoms with van der Waals surface area (Å²) in [5, 5.41) is 9.10. The van der Waals surface area contributed by atoms with Gasteiger partial charge in [0, 0.05) is 32.2 Å². The second kappa shape index (κ2) is 7.70. The minimum absolute atomic E-state index is 0.225. The van der Waals surface area contributed by atoms with Crippen LogP contribution in [0.15, 0.2) is 58.2 Å². The van der Waals surface area contributed by atoms with E-state index >= 15 is 0 Å². The Kier molecular flexibility index (Phi) is 4.93. The van der Waals surface area contributed by atoms with Crippen molar-refractivity contribution in [2.45, 2.75) is 6.92 Å². The highest BCUT2D eigenvalue weighted by molar-refractivity contribution is 6.00. The van der Waals surface area contributed by atoms with Gasteiger partial charge in [-0.1, -0.05) is 17.7 Å². The summed E-state index contributed by atoms with van der Waals surface area (Å²) in [5.41, 5.74) is 2.80. The van der Waals surface area contributed by atoms with E-state index in [0.717, 1.165) is 11.3 Å². The van der Waals surface area contributed by atoms with Crippen molar-refractivity contribution in [3.63, 3.8) is 0 Å². The summed E-state index contributed by atoms with van der Waals surface area (Å²) < 4.78 is 6.94. The Morgan fingerprint density at radius 1 is 1.13 bits per heavy atom. The van der Waals surface area contributed by atoms with Crippen LogP contribution in [-0.2, 0) is 7.05 Å². The lowest BCUT2D eigenvalue weighted by Crippen LogP contribution is -2.21.